The van der Waals surface area contributed by atoms with Gasteiger partial charge in [-0.1, -0.05) is 12.2 Å². The van der Waals surface area contributed by atoms with Crippen LogP contribution in [-0.2, 0) is 4.74 Å². The number of fused-ring (bicyclic) bond motifs is 2. The monoisotopic (exact) mass is 183 g/mol. The second kappa shape index (κ2) is 3.03. The first-order chi connectivity index (χ1) is 6.22. The van der Waals surface area contributed by atoms with E-state index < -0.39 is 6.10 Å². The van der Waals surface area contributed by atoms with E-state index in [1.165, 1.54) is 7.11 Å². The van der Waals surface area contributed by atoms with Crippen LogP contribution in [0.4, 0.5) is 4.79 Å². The summed E-state index contributed by atoms with van der Waals surface area (Å²) in [7, 11) is 1.36. The number of aliphatic hydroxyl groups excluding tert-OH is 1. The Morgan fingerprint density at radius 1 is 1.62 bits per heavy atom. The normalized spacial score (nSPS) is 36.5. The number of hydrogen-bond acceptors (Lipinski definition) is 3. The number of methoxy groups -OCH3 is 1. The second-order valence-corrected chi connectivity index (χ2v) is 3.56. The minimum Gasteiger partial charge on any atom is -0.453 e. The molecule has 3 unspecified atom stereocenters. The van der Waals surface area contributed by atoms with E-state index in [-0.39, 0.29) is 12.1 Å². The molecule has 2 aliphatic heterocycles. The zero-order chi connectivity index (χ0) is 9.42. The molecule has 0 aromatic carbocycles. The molecule has 4 heteroatoms. The number of piperidine rings is 1. The third-order valence-electron chi connectivity index (χ3n) is 2.72. The quantitative estimate of drug-likeness (QED) is 0.552. The molecule has 1 aliphatic carbocycles. The van der Waals surface area contributed by atoms with Crippen LogP contribution in [-0.4, -0.2) is 41.9 Å². The molecule has 72 valence electrons. The topological polar surface area (TPSA) is 49.8 Å². The van der Waals surface area contributed by atoms with Crippen LogP contribution >= 0.6 is 0 Å². The van der Waals surface area contributed by atoms with Crippen molar-refractivity contribution in [1.82, 2.24) is 4.90 Å². The molecule has 3 atom stereocenters. The van der Waals surface area contributed by atoms with Crippen molar-refractivity contribution in [2.24, 2.45) is 5.92 Å². The van der Waals surface area contributed by atoms with Gasteiger partial charge in [0.25, 0.3) is 0 Å². The fourth-order valence-corrected chi connectivity index (χ4v) is 2.06. The van der Waals surface area contributed by atoms with Crippen molar-refractivity contribution in [1.29, 1.82) is 0 Å². The van der Waals surface area contributed by atoms with E-state index in [0.717, 1.165) is 6.42 Å². The van der Waals surface area contributed by atoms with Crippen LogP contribution in [0.15, 0.2) is 12.2 Å². The summed E-state index contributed by atoms with van der Waals surface area (Å²) in [6.07, 6.45) is 3.94. The first kappa shape index (κ1) is 8.56. The van der Waals surface area contributed by atoms with Gasteiger partial charge in [0.1, 0.15) is 0 Å². The number of ether oxygens (including phenoxy) is 1. The van der Waals surface area contributed by atoms with Crippen LogP contribution in [0.25, 0.3) is 0 Å². The highest BCUT2D eigenvalue weighted by atomic mass is 16.5. The maximum absolute atomic E-state index is 11.3. The van der Waals surface area contributed by atoms with Crippen molar-refractivity contribution < 1.29 is 14.6 Å². The van der Waals surface area contributed by atoms with Crippen molar-refractivity contribution in [2.45, 2.75) is 18.6 Å². The highest BCUT2D eigenvalue weighted by Crippen LogP contribution is 2.30. The number of nitrogens with zero attached hydrogens (tertiary/aromatic N) is 1. The standard InChI is InChI=1S/C9H13NO3/c1-13-9(12)10-5-6-2-3-7(10)8(11)4-6/h2-3,6-8,11H,4-5H2,1H3. The van der Waals surface area contributed by atoms with Crippen molar-refractivity contribution >= 4 is 6.09 Å². The molecule has 0 spiro atoms. The Kier molecular flexibility index (Phi) is 2.00. The molecule has 2 bridgehead atoms. The van der Waals surface area contributed by atoms with Crippen LogP contribution < -0.4 is 0 Å². The summed E-state index contributed by atoms with van der Waals surface area (Å²) < 4.78 is 4.63. The smallest absolute Gasteiger partial charge is 0.410 e. The van der Waals surface area contributed by atoms with Gasteiger partial charge in [0.15, 0.2) is 0 Å². The lowest BCUT2D eigenvalue weighted by molar-refractivity contribution is 0.00709. The second-order valence-electron chi connectivity index (χ2n) is 3.56. The summed E-state index contributed by atoms with van der Waals surface area (Å²) in [6.45, 7) is 0.672. The molecular formula is C9H13NO3. The Hall–Kier alpha value is -1.03. The van der Waals surface area contributed by atoms with Gasteiger partial charge in [-0.15, -0.1) is 0 Å². The molecule has 3 aliphatic rings. The maximum atomic E-state index is 11.3. The van der Waals surface area contributed by atoms with E-state index in [0.29, 0.717) is 12.5 Å². The van der Waals surface area contributed by atoms with Gasteiger partial charge in [-0.05, 0) is 12.3 Å². The summed E-state index contributed by atoms with van der Waals surface area (Å²) in [5.74, 6) is 0.291. The molecule has 0 aromatic rings. The summed E-state index contributed by atoms with van der Waals surface area (Å²) in [6, 6.07) is -0.183. The van der Waals surface area contributed by atoms with Gasteiger partial charge in [-0.2, -0.15) is 0 Å². The lowest BCUT2D eigenvalue weighted by Gasteiger charge is -2.43. The van der Waals surface area contributed by atoms with Crippen molar-refractivity contribution in [3.8, 4) is 0 Å². The zero-order valence-electron chi connectivity index (χ0n) is 7.51. The molecule has 1 amide bonds. The van der Waals surface area contributed by atoms with Gasteiger partial charge in [0.2, 0.25) is 0 Å². The summed E-state index contributed by atoms with van der Waals surface area (Å²) in [5, 5.41) is 9.61. The Morgan fingerprint density at radius 3 is 2.92 bits per heavy atom. The third-order valence-corrected chi connectivity index (χ3v) is 2.72. The number of aliphatic hydroxyl groups is 1. The fourth-order valence-electron chi connectivity index (χ4n) is 2.06. The average molecular weight is 183 g/mol. The predicted octanol–water partition coefficient (Wildman–Crippen LogP) is 0.374. The number of hydrogen-bond donors (Lipinski definition) is 1. The van der Waals surface area contributed by atoms with Gasteiger partial charge in [-0.25, -0.2) is 4.79 Å². The number of amides is 1. The molecule has 2 heterocycles. The van der Waals surface area contributed by atoms with E-state index in [1.54, 1.807) is 4.90 Å². The molecule has 0 aromatic heterocycles. The summed E-state index contributed by atoms with van der Waals surface area (Å²) >= 11 is 0. The number of rotatable bonds is 0. The minimum atomic E-state index is -0.428. The van der Waals surface area contributed by atoms with Gasteiger partial charge in [0.05, 0.1) is 19.3 Å². The van der Waals surface area contributed by atoms with Crippen molar-refractivity contribution in [2.75, 3.05) is 13.7 Å². The first-order valence-electron chi connectivity index (χ1n) is 4.43. The lowest BCUT2D eigenvalue weighted by atomic mass is 9.84. The van der Waals surface area contributed by atoms with E-state index in [2.05, 4.69) is 10.8 Å². The Bertz CT molecular complexity index is 251. The molecule has 1 saturated heterocycles. The van der Waals surface area contributed by atoms with Gasteiger partial charge in [-0.3, -0.25) is 4.90 Å². The molecule has 4 nitrogen and oxygen atoms in total. The molecule has 0 saturated carbocycles. The Morgan fingerprint density at radius 2 is 2.38 bits per heavy atom. The van der Waals surface area contributed by atoms with Crippen LogP contribution in [0.5, 0.6) is 0 Å². The SMILES string of the molecule is COC(=O)N1CC2C=CC1C(O)C2. The van der Waals surface area contributed by atoms with E-state index in [1.807, 2.05) is 6.08 Å². The highest BCUT2D eigenvalue weighted by Gasteiger charge is 2.39. The largest absolute Gasteiger partial charge is 0.453 e. The summed E-state index contributed by atoms with van der Waals surface area (Å²) in [5.41, 5.74) is 0. The Balaban J connectivity index is 2.16. The van der Waals surface area contributed by atoms with Crippen molar-refractivity contribution in [3.05, 3.63) is 12.2 Å². The third kappa shape index (κ3) is 1.31. The van der Waals surface area contributed by atoms with Gasteiger partial charge >= 0.3 is 6.09 Å². The lowest BCUT2D eigenvalue weighted by Crippen LogP contribution is -2.55. The number of carbonyl (C=O) groups excluding carboxylic acids is 1. The van der Waals surface area contributed by atoms with E-state index in [9.17, 15) is 9.90 Å². The molecular weight excluding hydrogens is 170 g/mol. The van der Waals surface area contributed by atoms with E-state index in [4.69, 9.17) is 0 Å². The highest BCUT2D eigenvalue weighted by molar-refractivity contribution is 5.69. The molecule has 0 radical (unpaired) electrons. The maximum Gasteiger partial charge on any atom is 0.410 e. The first-order valence-corrected chi connectivity index (χ1v) is 4.43. The van der Waals surface area contributed by atoms with Crippen molar-refractivity contribution in [3.63, 3.8) is 0 Å². The van der Waals surface area contributed by atoms with Gasteiger partial charge < -0.3 is 9.84 Å². The molecule has 1 fully saturated rings. The predicted molar refractivity (Wildman–Crippen MR) is 46.2 cm³/mol. The van der Waals surface area contributed by atoms with Crippen LogP contribution in [0.1, 0.15) is 6.42 Å². The summed E-state index contributed by atoms with van der Waals surface area (Å²) in [4.78, 5) is 12.8. The van der Waals surface area contributed by atoms with Crippen LogP contribution in [0.2, 0.25) is 0 Å². The zero-order valence-corrected chi connectivity index (χ0v) is 7.51. The molecule has 1 N–H and O–H groups in total. The molecule has 3 rings (SSSR count). The molecule has 13 heavy (non-hydrogen) atoms. The van der Waals surface area contributed by atoms with Gasteiger partial charge in [0, 0.05) is 6.54 Å². The average Bonchev–Trinajstić information content (AvgIpc) is 2.17. The number of carbonyl (C=O) groups is 1. The minimum absolute atomic E-state index is 0.183. The Labute approximate surface area is 76.8 Å². The van der Waals surface area contributed by atoms with Crippen LogP contribution in [0.3, 0.4) is 0 Å². The van der Waals surface area contributed by atoms with Crippen LogP contribution in [0, 0.1) is 5.92 Å². The fraction of sp³-hybridized carbons (Fsp3) is 0.667. The van der Waals surface area contributed by atoms with E-state index >= 15 is 0 Å².